The van der Waals surface area contributed by atoms with Gasteiger partial charge in [0.25, 0.3) is 0 Å². The predicted octanol–water partition coefficient (Wildman–Crippen LogP) is 1.55. The van der Waals surface area contributed by atoms with Crippen LogP contribution in [0.15, 0.2) is 0 Å². The molecule has 2 heteroatoms. The van der Waals surface area contributed by atoms with Crippen molar-refractivity contribution < 1.29 is 5.11 Å². The van der Waals surface area contributed by atoms with E-state index in [1.807, 2.05) is 19.9 Å². The largest absolute Gasteiger partial charge is 0.392 e. The minimum absolute atomic E-state index is 0.234. The molecule has 0 bridgehead atoms. The summed E-state index contributed by atoms with van der Waals surface area (Å²) in [5, 5.41) is 17.7. The summed E-state index contributed by atoms with van der Waals surface area (Å²) in [4.78, 5) is 0. The van der Waals surface area contributed by atoms with Crippen LogP contribution < -0.4 is 0 Å². The molecule has 0 saturated carbocycles. The number of rotatable bonds is 3. The molecule has 58 valence electrons. The van der Waals surface area contributed by atoms with Crippen molar-refractivity contribution >= 4 is 0 Å². The van der Waals surface area contributed by atoms with E-state index < -0.39 is 6.10 Å². The number of hydrogen-bond acceptors (Lipinski definition) is 2. The SMILES string of the molecule is CC(C)CC(O)C(C)C#N. The van der Waals surface area contributed by atoms with Crippen LogP contribution in [0, 0.1) is 23.2 Å². The van der Waals surface area contributed by atoms with E-state index in [2.05, 4.69) is 0 Å². The van der Waals surface area contributed by atoms with E-state index in [4.69, 9.17) is 5.26 Å². The molecule has 0 rings (SSSR count). The zero-order valence-electron chi connectivity index (χ0n) is 6.83. The molecule has 2 atom stereocenters. The van der Waals surface area contributed by atoms with Gasteiger partial charge in [-0.05, 0) is 19.3 Å². The van der Waals surface area contributed by atoms with Crippen LogP contribution in [-0.2, 0) is 0 Å². The van der Waals surface area contributed by atoms with Crippen molar-refractivity contribution in [2.75, 3.05) is 0 Å². The van der Waals surface area contributed by atoms with Gasteiger partial charge < -0.3 is 5.11 Å². The fourth-order valence-corrected chi connectivity index (χ4v) is 0.773. The molecule has 0 aromatic heterocycles. The molecule has 0 aromatic rings. The molecule has 0 saturated heterocycles. The highest BCUT2D eigenvalue weighted by Crippen LogP contribution is 2.11. The predicted molar refractivity (Wildman–Crippen MR) is 40.2 cm³/mol. The van der Waals surface area contributed by atoms with Gasteiger partial charge in [-0.25, -0.2) is 0 Å². The van der Waals surface area contributed by atoms with Crippen LogP contribution >= 0.6 is 0 Å². The lowest BCUT2D eigenvalue weighted by molar-refractivity contribution is 0.117. The van der Waals surface area contributed by atoms with E-state index in [0.717, 1.165) is 0 Å². The maximum absolute atomic E-state index is 9.27. The quantitative estimate of drug-likeness (QED) is 0.648. The summed E-state index contributed by atoms with van der Waals surface area (Å²) in [6, 6.07) is 2.02. The van der Waals surface area contributed by atoms with Gasteiger partial charge in [0, 0.05) is 0 Å². The lowest BCUT2D eigenvalue weighted by Crippen LogP contribution is -2.17. The molecular formula is C8H15NO. The average Bonchev–Trinajstić information content (AvgIpc) is 1.85. The number of nitriles is 1. The molecule has 0 amide bonds. The minimum atomic E-state index is -0.454. The Morgan fingerprint density at radius 2 is 1.90 bits per heavy atom. The molecule has 0 radical (unpaired) electrons. The van der Waals surface area contributed by atoms with Gasteiger partial charge >= 0.3 is 0 Å². The Morgan fingerprint density at radius 3 is 2.20 bits per heavy atom. The molecule has 0 heterocycles. The number of nitrogens with zero attached hydrogens (tertiary/aromatic N) is 1. The molecule has 1 N–H and O–H groups in total. The average molecular weight is 141 g/mol. The second kappa shape index (κ2) is 4.29. The smallest absolute Gasteiger partial charge is 0.0698 e. The number of hydrogen-bond donors (Lipinski definition) is 1. The van der Waals surface area contributed by atoms with Gasteiger partial charge in [-0.3, -0.25) is 0 Å². The standard InChI is InChI=1S/C8H15NO/c1-6(2)4-8(10)7(3)5-9/h6-8,10H,4H2,1-3H3. The van der Waals surface area contributed by atoms with Gasteiger partial charge in [0.2, 0.25) is 0 Å². The Labute approximate surface area is 62.5 Å². The van der Waals surface area contributed by atoms with Crippen molar-refractivity contribution in [1.29, 1.82) is 5.26 Å². The molecule has 0 aliphatic rings. The highest BCUT2D eigenvalue weighted by Gasteiger charge is 2.13. The second-order valence-corrected chi connectivity index (χ2v) is 3.11. The third-order valence-electron chi connectivity index (χ3n) is 1.49. The van der Waals surface area contributed by atoms with Gasteiger partial charge in [-0.1, -0.05) is 13.8 Å². The van der Waals surface area contributed by atoms with E-state index in [1.165, 1.54) is 0 Å². The third-order valence-corrected chi connectivity index (χ3v) is 1.49. The Bertz CT molecular complexity index is 126. The Kier molecular flexibility index (Phi) is 4.06. The highest BCUT2D eigenvalue weighted by atomic mass is 16.3. The molecule has 0 aromatic carbocycles. The molecule has 10 heavy (non-hydrogen) atoms. The van der Waals surface area contributed by atoms with Crippen LogP contribution in [0.4, 0.5) is 0 Å². The first-order valence-electron chi connectivity index (χ1n) is 3.65. The Morgan fingerprint density at radius 1 is 1.40 bits per heavy atom. The van der Waals surface area contributed by atoms with Gasteiger partial charge in [0.05, 0.1) is 18.1 Å². The van der Waals surface area contributed by atoms with Crippen LogP contribution in [0.2, 0.25) is 0 Å². The maximum atomic E-state index is 9.27. The van der Waals surface area contributed by atoms with E-state index in [-0.39, 0.29) is 5.92 Å². The fourth-order valence-electron chi connectivity index (χ4n) is 0.773. The van der Waals surface area contributed by atoms with Gasteiger partial charge in [-0.2, -0.15) is 5.26 Å². The first-order valence-corrected chi connectivity index (χ1v) is 3.65. The summed E-state index contributed by atoms with van der Waals surface area (Å²) in [6.07, 6.45) is 0.263. The van der Waals surface area contributed by atoms with Crippen molar-refractivity contribution in [2.24, 2.45) is 11.8 Å². The third kappa shape index (κ3) is 3.47. The van der Waals surface area contributed by atoms with Gasteiger partial charge in [0.1, 0.15) is 0 Å². The van der Waals surface area contributed by atoms with E-state index in [1.54, 1.807) is 6.92 Å². The topological polar surface area (TPSA) is 44.0 Å². The number of aliphatic hydroxyl groups is 1. The Balaban J connectivity index is 3.64. The first-order chi connectivity index (χ1) is 4.57. The molecule has 0 aliphatic carbocycles. The molecular weight excluding hydrogens is 126 g/mol. The van der Waals surface area contributed by atoms with Crippen LogP contribution in [0.5, 0.6) is 0 Å². The lowest BCUT2D eigenvalue weighted by atomic mass is 9.97. The monoisotopic (exact) mass is 141 g/mol. The summed E-state index contributed by atoms with van der Waals surface area (Å²) >= 11 is 0. The zero-order chi connectivity index (χ0) is 8.15. The minimum Gasteiger partial charge on any atom is -0.392 e. The van der Waals surface area contributed by atoms with Crippen LogP contribution in [-0.4, -0.2) is 11.2 Å². The van der Waals surface area contributed by atoms with E-state index >= 15 is 0 Å². The Hall–Kier alpha value is -0.550. The fraction of sp³-hybridized carbons (Fsp3) is 0.875. The number of aliphatic hydroxyl groups excluding tert-OH is 1. The molecule has 2 unspecified atom stereocenters. The first kappa shape index (κ1) is 9.45. The summed E-state index contributed by atoms with van der Waals surface area (Å²) < 4.78 is 0. The molecule has 0 spiro atoms. The maximum Gasteiger partial charge on any atom is 0.0698 e. The normalized spacial score (nSPS) is 16.4. The molecule has 0 fully saturated rings. The van der Waals surface area contributed by atoms with E-state index in [9.17, 15) is 5.11 Å². The zero-order valence-corrected chi connectivity index (χ0v) is 6.83. The second-order valence-electron chi connectivity index (χ2n) is 3.11. The van der Waals surface area contributed by atoms with Crippen LogP contribution in [0.25, 0.3) is 0 Å². The van der Waals surface area contributed by atoms with Gasteiger partial charge in [-0.15, -0.1) is 0 Å². The molecule has 2 nitrogen and oxygen atoms in total. The van der Waals surface area contributed by atoms with Crippen molar-refractivity contribution in [1.82, 2.24) is 0 Å². The van der Waals surface area contributed by atoms with Gasteiger partial charge in [0.15, 0.2) is 0 Å². The van der Waals surface area contributed by atoms with Crippen molar-refractivity contribution in [2.45, 2.75) is 33.3 Å². The summed E-state index contributed by atoms with van der Waals surface area (Å²) in [5.41, 5.74) is 0. The van der Waals surface area contributed by atoms with Crippen LogP contribution in [0.1, 0.15) is 27.2 Å². The van der Waals surface area contributed by atoms with Crippen LogP contribution in [0.3, 0.4) is 0 Å². The molecule has 0 aliphatic heterocycles. The van der Waals surface area contributed by atoms with Crippen molar-refractivity contribution in [3.63, 3.8) is 0 Å². The summed E-state index contributed by atoms with van der Waals surface area (Å²) in [6.45, 7) is 5.81. The van der Waals surface area contributed by atoms with E-state index in [0.29, 0.717) is 12.3 Å². The summed E-state index contributed by atoms with van der Waals surface area (Å²) in [7, 11) is 0. The highest BCUT2D eigenvalue weighted by molar-refractivity contribution is 4.84. The summed E-state index contributed by atoms with van der Waals surface area (Å²) in [5.74, 6) is 0.230. The van der Waals surface area contributed by atoms with Crippen molar-refractivity contribution in [3.8, 4) is 6.07 Å². The lowest BCUT2D eigenvalue weighted by Gasteiger charge is -2.13. The van der Waals surface area contributed by atoms with Crippen molar-refractivity contribution in [3.05, 3.63) is 0 Å².